The second-order valence-electron chi connectivity index (χ2n) is 4.73. The van der Waals surface area contributed by atoms with Gasteiger partial charge in [-0.05, 0) is 23.3 Å². The van der Waals surface area contributed by atoms with Gasteiger partial charge in [-0.1, -0.05) is 36.0 Å². The van der Waals surface area contributed by atoms with Crippen LogP contribution < -0.4 is 10.6 Å². The zero-order chi connectivity index (χ0) is 14.1. The van der Waals surface area contributed by atoms with E-state index in [1.54, 1.807) is 11.8 Å². The van der Waals surface area contributed by atoms with Gasteiger partial charge in [0, 0.05) is 23.4 Å². The van der Waals surface area contributed by atoms with Gasteiger partial charge in [-0.25, -0.2) is 0 Å². The first-order valence-corrected chi connectivity index (χ1v) is 7.30. The average molecular weight is 281 g/mol. The minimum absolute atomic E-state index is 0.435. The van der Waals surface area contributed by atoms with Crippen LogP contribution in [0.2, 0.25) is 0 Å². The second kappa shape index (κ2) is 5.20. The van der Waals surface area contributed by atoms with Gasteiger partial charge in [-0.2, -0.15) is 5.26 Å². The SMILES string of the molecule is CN1c2cccc(CN)c2Sc2c(CC#N)cccc21. The fourth-order valence-corrected chi connectivity index (χ4v) is 3.90. The molecule has 0 spiro atoms. The quantitative estimate of drug-likeness (QED) is 0.916. The Morgan fingerprint density at radius 3 is 2.30 bits per heavy atom. The minimum Gasteiger partial charge on any atom is -0.343 e. The monoisotopic (exact) mass is 281 g/mol. The molecule has 1 heterocycles. The van der Waals surface area contributed by atoms with Crippen LogP contribution in [0.1, 0.15) is 11.1 Å². The molecule has 0 aliphatic carbocycles. The van der Waals surface area contributed by atoms with E-state index in [2.05, 4.69) is 36.2 Å². The summed E-state index contributed by atoms with van der Waals surface area (Å²) < 4.78 is 0. The predicted octanol–water partition coefficient (Wildman–Crippen LogP) is 3.44. The first kappa shape index (κ1) is 13.0. The third kappa shape index (κ3) is 1.96. The lowest BCUT2D eigenvalue weighted by Gasteiger charge is -2.31. The van der Waals surface area contributed by atoms with E-state index < -0.39 is 0 Å². The van der Waals surface area contributed by atoms with Gasteiger partial charge < -0.3 is 10.6 Å². The van der Waals surface area contributed by atoms with Crippen molar-refractivity contribution in [3.05, 3.63) is 47.5 Å². The van der Waals surface area contributed by atoms with Crippen LogP contribution in [0, 0.1) is 11.3 Å². The molecule has 2 aromatic carbocycles. The van der Waals surface area contributed by atoms with E-state index in [1.165, 1.54) is 15.5 Å². The summed E-state index contributed by atoms with van der Waals surface area (Å²) in [5.74, 6) is 0. The Morgan fingerprint density at radius 2 is 1.70 bits per heavy atom. The zero-order valence-corrected chi connectivity index (χ0v) is 12.1. The van der Waals surface area contributed by atoms with Crippen LogP contribution in [-0.4, -0.2) is 7.05 Å². The number of hydrogen-bond donors (Lipinski definition) is 1. The maximum Gasteiger partial charge on any atom is 0.0670 e. The first-order valence-electron chi connectivity index (χ1n) is 6.48. The normalized spacial score (nSPS) is 12.6. The van der Waals surface area contributed by atoms with Crippen LogP contribution in [0.4, 0.5) is 11.4 Å². The summed E-state index contributed by atoms with van der Waals surface area (Å²) in [5, 5.41) is 8.99. The molecule has 1 aliphatic heterocycles. The zero-order valence-electron chi connectivity index (χ0n) is 11.3. The predicted molar refractivity (Wildman–Crippen MR) is 82.3 cm³/mol. The van der Waals surface area contributed by atoms with Gasteiger partial charge in [-0.3, -0.25) is 0 Å². The van der Waals surface area contributed by atoms with E-state index in [0.29, 0.717) is 13.0 Å². The van der Waals surface area contributed by atoms with Gasteiger partial charge in [0.2, 0.25) is 0 Å². The molecule has 0 aromatic heterocycles. The Kier molecular flexibility index (Phi) is 3.39. The topological polar surface area (TPSA) is 53.0 Å². The summed E-state index contributed by atoms with van der Waals surface area (Å²) in [5.41, 5.74) is 10.4. The Balaban J connectivity index is 2.18. The lowest BCUT2D eigenvalue weighted by molar-refractivity contribution is 0.995. The highest BCUT2D eigenvalue weighted by Crippen LogP contribution is 2.50. The molecule has 20 heavy (non-hydrogen) atoms. The molecule has 4 heteroatoms. The minimum atomic E-state index is 0.435. The van der Waals surface area contributed by atoms with Crippen molar-refractivity contribution in [2.75, 3.05) is 11.9 Å². The summed E-state index contributed by atoms with van der Waals surface area (Å²) in [4.78, 5) is 4.56. The van der Waals surface area contributed by atoms with E-state index in [1.807, 2.05) is 18.2 Å². The highest BCUT2D eigenvalue weighted by molar-refractivity contribution is 7.99. The van der Waals surface area contributed by atoms with Crippen LogP contribution in [-0.2, 0) is 13.0 Å². The Labute approximate surface area is 123 Å². The summed E-state index contributed by atoms with van der Waals surface area (Å²) in [6.45, 7) is 0.528. The fourth-order valence-electron chi connectivity index (χ4n) is 2.52. The lowest BCUT2D eigenvalue weighted by atomic mass is 10.1. The van der Waals surface area contributed by atoms with E-state index in [4.69, 9.17) is 11.0 Å². The molecule has 0 bridgehead atoms. The number of benzene rings is 2. The number of nitriles is 1. The Hall–Kier alpha value is -1.96. The molecule has 3 nitrogen and oxygen atoms in total. The van der Waals surface area contributed by atoms with Gasteiger partial charge in [0.25, 0.3) is 0 Å². The van der Waals surface area contributed by atoms with E-state index in [0.717, 1.165) is 16.8 Å². The molecule has 0 amide bonds. The van der Waals surface area contributed by atoms with Gasteiger partial charge in [-0.15, -0.1) is 0 Å². The number of anilines is 2. The third-order valence-corrected chi connectivity index (χ3v) is 4.92. The summed E-state index contributed by atoms with van der Waals surface area (Å²) >= 11 is 1.73. The van der Waals surface area contributed by atoms with Gasteiger partial charge >= 0.3 is 0 Å². The maximum absolute atomic E-state index is 8.99. The number of nitrogens with two attached hydrogens (primary N) is 1. The van der Waals surface area contributed by atoms with Crippen molar-refractivity contribution >= 4 is 23.1 Å². The van der Waals surface area contributed by atoms with Crippen LogP contribution in [0.5, 0.6) is 0 Å². The van der Waals surface area contributed by atoms with Crippen molar-refractivity contribution in [2.24, 2.45) is 5.73 Å². The molecule has 2 aromatic rings. The molecule has 3 rings (SSSR count). The first-order chi connectivity index (χ1) is 9.76. The number of nitrogens with zero attached hydrogens (tertiary/aromatic N) is 2. The lowest BCUT2D eigenvalue weighted by Crippen LogP contribution is -2.17. The average Bonchev–Trinajstić information content (AvgIpc) is 2.48. The molecule has 0 saturated heterocycles. The van der Waals surface area contributed by atoms with Crippen molar-refractivity contribution < 1.29 is 0 Å². The van der Waals surface area contributed by atoms with Crippen LogP contribution >= 0.6 is 11.8 Å². The molecular formula is C16H15N3S. The summed E-state index contributed by atoms with van der Waals surface area (Å²) in [6, 6.07) is 14.6. The number of rotatable bonds is 2. The summed E-state index contributed by atoms with van der Waals surface area (Å²) in [6.07, 6.45) is 0.435. The number of hydrogen-bond acceptors (Lipinski definition) is 4. The van der Waals surface area contributed by atoms with Crippen LogP contribution in [0.15, 0.2) is 46.2 Å². The standard InChI is InChI=1S/C16H15N3S/c1-19-13-6-2-4-11(8-9-17)15(13)20-16-12(10-18)5-3-7-14(16)19/h2-7H,8,10,18H2,1H3. The van der Waals surface area contributed by atoms with Crippen molar-refractivity contribution in [2.45, 2.75) is 22.8 Å². The fraction of sp³-hybridized carbons (Fsp3) is 0.188. The molecule has 0 radical (unpaired) electrons. The van der Waals surface area contributed by atoms with Gasteiger partial charge in [0.1, 0.15) is 0 Å². The van der Waals surface area contributed by atoms with Gasteiger partial charge in [0.05, 0.1) is 23.9 Å². The van der Waals surface area contributed by atoms with Crippen LogP contribution in [0.25, 0.3) is 0 Å². The Morgan fingerprint density at radius 1 is 1.10 bits per heavy atom. The molecule has 0 fully saturated rings. The third-order valence-electron chi connectivity index (χ3n) is 3.57. The smallest absolute Gasteiger partial charge is 0.0670 e. The maximum atomic E-state index is 8.99. The van der Waals surface area contributed by atoms with Crippen molar-refractivity contribution in [3.63, 3.8) is 0 Å². The van der Waals surface area contributed by atoms with E-state index in [9.17, 15) is 0 Å². The molecule has 0 unspecified atom stereocenters. The largest absolute Gasteiger partial charge is 0.343 e. The second-order valence-corrected chi connectivity index (χ2v) is 5.75. The molecule has 0 saturated carbocycles. The molecular weight excluding hydrogens is 266 g/mol. The van der Waals surface area contributed by atoms with Gasteiger partial charge in [0.15, 0.2) is 0 Å². The van der Waals surface area contributed by atoms with E-state index >= 15 is 0 Å². The Bertz CT molecular complexity index is 703. The highest BCUT2D eigenvalue weighted by atomic mass is 32.2. The van der Waals surface area contributed by atoms with E-state index in [-0.39, 0.29) is 0 Å². The molecule has 2 N–H and O–H groups in total. The van der Waals surface area contributed by atoms with Crippen molar-refractivity contribution in [1.29, 1.82) is 5.26 Å². The molecule has 1 aliphatic rings. The molecule has 100 valence electrons. The highest BCUT2D eigenvalue weighted by Gasteiger charge is 2.24. The van der Waals surface area contributed by atoms with Crippen molar-refractivity contribution in [3.8, 4) is 6.07 Å². The van der Waals surface area contributed by atoms with Crippen molar-refractivity contribution in [1.82, 2.24) is 0 Å². The summed E-state index contributed by atoms with van der Waals surface area (Å²) in [7, 11) is 2.06. The number of fused-ring (bicyclic) bond motifs is 2. The van der Waals surface area contributed by atoms with Crippen LogP contribution in [0.3, 0.4) is 0 Å². The molecule has 0 atom stereocenters.